The van der Waals surface area contributed by atoms with Gasteiger partial charge in [-0.15, -0.1) is 0 Å². The van der Waals surface area contributed by atoms with Gasteiger partial charge < -0.3 is 5.21 Å². The number of hydrogen-bond donors (Lipinski definition) is 1. The molecule has 4 nitrogen and oxygen atoms in total. The van der Waals surface area contributed by atoms with Crippen molar-refractivity contribution in [2.45, 2.75) is 6.42 Å². The molecule has 0 saturated carbocycles. The molecule has 0 saturated heterocycles. The first-order valence-electron chi connectivity index (χ1n) is 3.91. The molecule has 0 spiro atoms. The van der Waals surface area contributed by atoms with Gasteiger partial charge >= 0.3 is 0 Å². The van der Waals surface area contributed by atoms with Crippen LogP contribution in [0.4, 0.5) is 0 Å². The van der Waals surface area contributed by atoms with E-state index >= 15 is 0 Å². The normalized spacial score (nSPS) is 10.3. The van der Waals surface area contributed by atoms with Gasteiger partial charge in [-0.1, -0.05) is 29.4 Å². The lowest BCUT2D eigenvalue weighted by molar-refractivity contribution is 0.320. The first-order chi connectivity index (χ1) is 6.83. The summed E-state index contributed by atoms with van der Waals surface area (Å²) in [6.07, 6.45) is 0.191. The Balaban J connectivity index is 3.22. The van der Waals surface area contributed by atoms with Gasteiger partial charge in [-0.25, -0.2) is 0 Å². The fourth-order valence-electron chi connectivity index (χ4n) is 1.13. The highest BCUT2D eigenvalue weighted by molar-refractivity contribution is 6.12. The zero-order chi connectivity index (χ0) is 10.4. The molecule has 14 heavy (non-hydrogen) atoms. The fourth-order valence-corrected chi connectivity index (χ4v) is 1.13. The van der Waals surface area contributed by atoms with Gasteiger partial charge in [-0.3, -0.25) is 0 Å². The number of benzene rings is 1. The molecule has 0 amide bonds. The average Bonchev–Trinajstić information content (AvgIpc) is 2.23. The van der Waals surface area contributed by atoms with E-state index in [4.69, 9.17) is 15.7 Å². The Hall–Kier alpha value is -2.33. The summed E-state index contributed by atoms with van der Waals surface area (Å²) in [6, 6.07) is 10.6. The van der Waals surface area contributed by atoms with Crippen molar-refractivity contribution < 1.29 is 5.21 Å². The van der Waals surface area contributed by atoms with Crippen molar-refractivity contribution in [3.05, 3.63) is 35.4 Å². The number of rotatable bonds is 2. The van der Waals surface area contributed by atoms with E-state index in [1.807, 2.05) is 6.07 Å². The van der Waals surface area contributed by atoms with Gasteiger partial charge in [0.1, 0.15) is 6.07 Å². The lowest BCUT2D eigenvalue weighted by atomic mass is 10.0. The minimum atomic E-state index is -0.0733. The molecule has 4 heteroatoms. The van der Waals surface area contributed by atoms with Crippen LogP contribution >= 0.6 is 0 Å². The molecule has 0 unspecified atom stereocenters. The zero-order valence-electron chi connectivity index (χ0n) is 7.31. The third-order valence-electron chi connectivity index (χ3n) is 1.75. The molecule has 1 N–H and O–H groups in total. The highest BCUT2D eigenvalue weighted by atomic mass is 16.4. The first kappa shape index (κ1) is 9.76. The lowest BCUT2D eigenvalue weighted by Gasteiger charge is -2.01. The molecule has 1 rings (SSSR count). The quantitative estimate of drug-likeness (QED) is 0.430. The second-order valence-electron chi connectivity index (χ2n) is 2.55. The molecule has 1 aromatic carbocycles. The summed E-state index contributed by atoms with van der Waals surface area (Å²) in [4.78, 5) is 0. The fraction of sp³-hybridized carbons (Fsp3) is 0.100. The zero-order valence-corrected chi connectivity index (χ0v) is 7.31. The molecule has 68 valence electrons. The minimum Gasteiger partial charge on any atom is -0.410 e. The van der Waals surface area contributed by atoms with Crippen molar-refractivity contribution in [1.29, 1.82) is 10.5 Å². The monoisotopic (exact) mass is 185 g/mol. The van der Waals surface area contributed by atoms with Gasteiger partial charge in [0.05, 0.1) is 12.5 Å². The van der Waals surface area contributed by atoms with Crippen molar-refractivity contribution in [2.24, 2.45) is 5.16 Å². The summed E-state index contributed by atoms with van der Waals surface area (Å²) < 4.78 is 0. The minimum absolute atomic E-state index is 0.0733. The molecular weight excluding hydrogens is 178 g/mol. The highest BCUT2D eigenvalue weighted by Crippen LogP contribution is 2.10. The van der Waals surface area contributed by atoms with Crippen LogP contribution in [0.15, 0.2) is 29.4 Å². The molecule has 0 aromatic heterocycles. The van der Waals surface area contributed by atoms with Gasteiger partial charge in [-0.05, 0) is 5.56 Å². The summed E-state index contributed by atoms with van der Waals surface area (Å²) in [5, 5.41) is 28.6. The molecule has 0 heterocycles. The van der Waals surface area contributed by atoms with E-state index in [1.54, 1.807) is 30.3 Å². The summed E-state index contributed by atoms with van der Waals surface area (Å²) in [7, 11) is 0. The van der Waals surface area contributed by atoms with Crippen LogP contribution in [0.2, 0.25) is 0 Å². The SMILES string of the molecule is N#CCc1ccccc1/C(C#N)=N\O. The Labute approximate surface area is 81.3 Å². The van der Waals surface area contributed by atoms with Crippen LogP contribution in [0.25, 0.3) is 0 Å². The Kier molecular flexibility index (Phi) is 3.23. The van der Waals surface area contributed by atoms with Gasteiger partial charge in [-0.2, -0.15) is 10.5 Å². The molecule has 0 aliphatic heterocycles. The summed E-state index contributed by atoms with van der Waals surface area (Å²) in [5.74, 6) is 0. The van der Waals surface area contributed by atoms with Crippen LogP contribution in [0.1, 0.15) is 11.1 Å². The Morgan fingerprint density at radius 1 is 1.36 bits per heavy atom. The smallest absolute Gasteiger partial charge is 0.187 e. The predicted octanol–water partition coefficient (Wildman–Crippen LogP) is 1.45. The second kappa shape index (κ2) is 4.64. The van der Waals surface area contributed by atoms with E-state index in [-0.39, 0.29) is 12.1 Å². The lowest BCUT2D eigenvalue weighted by Crippen LogP contribution is -2.01. The van der Waals surface area contributed by atoms with E-state index in [0.29, 0.717) is 11.1 Å². The third-order valence-corrected chi connectivity index (χ3v) is 1.75. The van der Waals surface area contributed by atoms with E-state index in [2.05, 4.69) is 5.16 Å². The third kappa shape index (κ3) is 1.88. The van der Waals surface area contributed by atoms with E-state index in [9.17, 15) is 0 Å². The van der Waals surface area contributed by atoms with Gasteiger partial charge in [0.15, 0.2) is 5.71 Å². The molecule has 0 aliphatic carbocycles. The Morgan fingerprint density at radius 2 is 2.07 bits per heavy atom. The summed E-state index contributed by atoms with van der Waals surface area (Å²) >= 11 is 0. The number of hydrogen-bond acceptors (Lipinski definition) is 4. The maximum Gasteiger partial charge on any atom is 0.187 e. The van der Waals surface area contributed by atoms with Crippen molar-refractivity contribution >= 4 is 5.71 Å². The summed E-state index contributed by atoms with van der Waals surface area (Å²) in [6.45, 7) is 0. The average molecular weight is 185 g/mol. The molecule has 1 aromatic rings. The van der Waals surface area contributed by atoms with Crippen LogP contribution < -0.4 is 0 Å². The predicted molar refractivity (Wildman–Crippen MR) is 49.7 cm³/mol. The van der Waals surface area contributed by atoms with E-state index in [0.717, 1.165) is 0 Å². The molecule has 0 bridgehead atoms. The largest absolute Gasteiger partial charge is 0.410 e. The number of oxime groups is 1. The second-order valence-corrected chi connectivity index (χ2v) is 2.55. The molecular formula is C10H7N3O. The van der Waals surface area contributed by atoms with Gasteiger partial charge in [0.25, 0.3) is 0 Å². The molecule has 0 radical (unpaired) electrons. The van der Waals surface area contributed by atoms with Crippen LogP contribution in [-0.2, 0) is 6.42 Å². The van der Waals surface area contributed by atoms with Crippen molar-refractivity contribution in [3.63, 3.8) is 0 Å². The van der Waals surface area contributed by atoms with Gasteiger partial charge in [0, 0.05) is 5.56 Å². The summed E-state index contributed by atoms with van der Waals surface area (Å²) in [5.41, 5.74) is 1.11. The molecule has 0 fully saturated rings. The van der Waals surface area contributed by atoms with E-state index in [1.165, 1.54) is 0 Å². The standard InChI is InChI=1S/C10H7N3O/c11-6-5-8-3-1-2-4-9(8)10(7-12)13-14/h1-4,14H,5H2/b13-10-. The number of nitrogens with zero attached hydrogens (tertiary/aromatic N) is 3. The highest BCUT2D eigenvalue weighted by Gasteiger charge is 2.07. The first-order valence-corrected chi connectivity index (χ1v) is 3.91. The van der Waals surface area contributed by atoms with Crippen LogP contribution in [0.3, 0.4) is 0 Å². The van der Waals surface area contributed by atoms with Crippen LogP contribution in [0, 0.1) is 22.7 Å². The van der Waals surface area contributed by atoms with Crippen LogP contribution in [0.5, 0.6) is 0 Å². The van der Waals surface area contributed by atoms with Crippen molar-refractivity contribution in [3.8, 4) is 12.1 Å². The van der Waals surface area contributed by atoms with Crippen molar-refractivity contribution in [2.75, 3.05) is 0 Å². The maximum absolute atomic E-state index is 8.65. The molecule has 0 aliphatic rings. The Morgan fingerprint density at radius 3 is 2.64 bits per heavy atom. The topological polar surface area (TPSA) is 80.2 Å². The van der Waals surface area contributed by atoms with Crippen molar-refractivity contribution in [1.82, 2.24) is 0 Å². The molecule has 0 atom stereocenters. The van der Waals surface area contributed by atoms with Gasteiger partial charge in [0.2, 0.25) is 0 Å². The number of nitriles is 2. The Bertz CT molecular complexity index is 437. The van der Waals surface area contributed by atoms with Crippen LogP contribution in [-0.4, -0.2) is 10.9 Å². The van der Waals surface area contributed by atoms with E-state index < -0.39 is 0 Å². The maximum atomic E-state index is 8.65.